The van der Waals surface area contributed by atoms with Gasteiger partial charge in [-0.05, 0) is 19.4 Å². The van der Waals surface area contributed by atoms with Crippen molar-refractivity contribution in [3.63, 3.8) is 0 Å². The summed E-state index contributed by atoms with van der Waals surface area (Å²) < 4.78 is 1.92. The Hall–Kier alpha value is -2.21. The Labute approximate surface area is 127 Å². The maximum Gasteiger partial charge on any atom is 0.226 e. The Balaban J connectivity index is 0.00000132. The van der Waals surface area contributed by atoms with Crippen molar-refractivity contribution in [2.24, 2.45) is 0 Å². The van der Waals surface area contributed by atoms with Gasteiger partial charge in [0.05, 0.1) is 10.4 Å². The van der Waals surface area contributed by atoms with Crippen molar-refractivity contribution in [2.75, 3.05) is 5.32 Å². The molecule has 0 radical (unpaired) electrons. The van der Waals surface area contributed by atoms with E-state index in [0.717, 1.165) is 22.2 Å². The quantitative estimate of drug-likeness (QED) is 0.785. The summed E-state index contributed by atoms with van der Waals surface area (Å²) in [6.45, 7) is 4.18. The Morgan fingerprint density at radius 3 is 2.86 bits per heavy atom. The molecule has 0 aliphatic carbocycles. The van der Waals surface area contributed by atoms with Crippen LogP contribution in [0.15, 0.2) is 29.9 Å². The normalized spacial score (nSPS) is 15.6. The van der Waals surface area contributed by atoms with Crippen molar-refractivity contribution in [1.82, 2.24) is 19.7 Å². The summed E-state index contributed by atoms with van der Waals surface area (Å²) in [4.78, 5) is 9.79. The van der Waals surface area contributed by atoms with Crippen molar-refractivity contribution in [3.05, 3.63) is 45.9 Å². The van der Waals surface area contributed by atoms with Gasteiger partial charge in [-0.2, -0.15) is 4.98 Å². The number of fused-ring (bicyclic) bond motifs is 1. The van der Waals surface area contributed by atoms with E-state index < -0.39 is 0 Å². The summed E-state index contributed by atoms with van der Waals surface area (Å²) in [5.74, 6) is 1.59. The number of rotatable bonds is 2. The highest BCUT2D eigenvalue weighted by molar-refractivity contribution is 7.09. The third-order valence-electron chi connectivity index (χ3n) is 3.49. The first kappa shape index (κ1) is 13.8. The topological polar surface area (TPSA) is 55.6 Å². The Bertz CT molecular complexity index is 775. The molecule has 0 spiro atoms. The summed E-state index contributed by atoms with van der Waals surface area (Å²) in [5.41, 5.74) is 5.37. The molecule has 0 bridgehead atoms. The third-order valence-corrected chi connectivity index (χ3v) is 4.31. The molecule has 3 heterocycles. The summed E-state index contributed by atoms with van der Waals surface area (Å²) in [7, 11) is 0. The van der Waals surface area contributed by atoms with Gasteiger partial charge in [0.2, 0.25) is 5.95 Å². The molecule has 1 N–H and O–H groups in total. The first-order valence-electron chi connectivity index (χ1n) is 6.41. The SMILES string of the molecule is C.Cc1ccc(-c2nc3n(n2)C(c2cncs2)N3)c(C)c1. The highest BCUT2D eigenvalue weighted by Gasteiger charge is 2.31. The van der Waals surface area contributed by atoms with Crippen LogP contribution >= 0.6 is 11.3 Å². The number of hydrogen-bond acceptors (Lipinski definition) is 5. The lowest BCUT2D eigenvalue weighted by atomic mass is 10.1. The molecule has 108 valence electrons. The first-order valence-corrected chi connectivity index (χ1v) is 7.29. The molecule has 1 aliphatic heterocycles. The molecular formula is C15H17N5S. The lowest BCUT2D eigenvalue weighted by Crippen LogP contribution is -2.31. The second-order valence-electron chi connectivity index (χ2n) is 4.97. The van der Waals surface area contributed by atoms with Crippen LogP contribution in [-0.4, -0.2) is 19.7 Å². The van der Waals surface area contributed by atoms with Gasteiger partial charge in [0.25, 0.3) is 0 Å². The van der Waals surface area contributed by atoms with Gasteiger partial charge >= 0.3 is 0 Å². The molecule has 21 heavy (non-hydrogen) atoms. The van der Waals surface area contributed by atoms with Crippen LogP contribution in [0.1, 0.15) is 29.6 Å². The molecule has 1 aromatic carbocycles. The van der Waals surface area contributed by atoms with Gasteiger partial charge in [-0.25, -0.2) is 4.68 Å². The summed E-state index contributed by atoms with van der Waals surface area (Å²) in [6, 6.07) is 6.33. The number of nitrogens with zero attached hydrogens (tertiary/aromatic N) is 4. The lowest BCUT2D eigenvalue weighted by Gasteiger charge is -2.27. The Morgan fingerprint density at radius 2 is 2.14 bits per heavy atom. The van der Waals surface area contributed by atoms with Crippen LogP contribution in [0.5, 0.6) is 0 Å². The standard InChI is InChI=1S/C14H13N5S.CH4/c1-8-3-4-10(9(2)5-8)12-16-14-17-13(19(14)18-12)11-6-15-7-20-11;/h3-7,13H,1-2H3,(H,16,17,18);1H4. The lowest BCUT2D eigenvalue weighted by molar-refractivity contribution is 0.517. The fourth-order valence-corrected chi connectivity index (χ4v) is 3.10. The number of nitrogens with one attached hydrogen (secondary N) is 1. The van der Waals surface area contributed by atoms with E-state index in [1.54, 1.807) is 11.3 Å². The Morgan fingerprint density at radius 1 is 1.29 bits per heavy atom. The summed E-state index contributed by atoms with van der Waals surface area (Å²) in [6.07, 6.45) is 1.94. The van der Waals surface area contributed by atoms with E-state index in [2.05, 4.69) is 52.4 Å². The van der Waals surface area contributed by atoms with E-state index in [1.807, 2.05) is 16.4 Å². The highest BCUT2D eigenvalue weighted by atomic mass is 32.1. The molecule has 0 fully saturated rings. The van der Waals surface area contributed by atoms with E-state index in [0.29, 0.717) is 0 Å². The van der Waals surface area contributed by atoms with Crippen molar-refractivity contribution in [2.45, 2.75) is 27.4 Å². The zero-order valence-corrected chi connectivity index (χ0v) is 12.0. The van der Waals surface area contributed by atoms with Crippen LogP contribution in [0.25, 0.3) is 11.4 Å². The van der Waals surface area contributed by atoms with Gasteiger partial charge < -0.3 is 5.32 Å². The predicted molar refractivity (Wildman–Crippen MR) is 85.5 cm³/mol. The highest BCUT2D eigenvalue weighted by Crippen LogP contribution is 2.35. The van der Waals surface area contributed by atoms with E-state index in [-0.39, 0.29) is 13.6 Å². The van der Waals surface area contributed by atoms with Gasteiger partial charge in [-0.3, -0.25) is 4.98 Å². The molecule has 1 unspecified atom stereocenters. The minimum Gasteiger partial charge on any atom is -0.328 e. The zero-order chi connectivity index (χ0) is 13.7. The van der Waals surface area contributed by atoms with Crippen LogP contribution in [0, 0.1) is 13.8 Å². The van der Waals surface area contributed by atoms with Gasteiger partial charge in [-0.15, -0.1) is 16.4 Å². The second kappa shape index (κ2) is 4.96. The van der Waals surface area contributed by atoms with Crippen molar-refractivity contribution in [1.29, 1.82) is 0 Å². The van der Waals surface area contributed by atoms with Gasteiger partial charge in [-0.1, -0.05) is 31.2 Å². The zero-order valence-electron chi connectivity index (χ0n) is 11.2. The Kier molecular flexibility index (Phi) is 3.25. The molecule has 6 heteroatoms. The van der Waals surface area contributed by atoms with E-state index in [4.69, 9.17) is 0 Å². The van der Waals surface area contributed by atoms with Crippen molar-refractivity contribution >= 4 is 17.3 Å². The number of thiazole rings is 1. The van der Waals surface area contributed by atoms with Gasteiger partial charge in [0.15, 0.2) is 12.0 Å². The molecule has 4 rings (SSSR count). The summed E-state index contributed by atoms with van der Waals surface area (Å²) >= 11 is 1.62. The van der Waals surface area contributed by atoms with Crippen LogP contribution in [0.4, 0.5) is 5.95 Å². The number of anilines is 1. The number of benzene rings is 1. The fourth-order valence-electron chi connectivity index (χ4n) is 2.45. The van der Waals surface area contributed by atoms with Crippen LogP contribution in [0.3, 0.4) is 0 Å². The molecular weight excluding hydrogens is 282 g/mol. The minimum absolute atomic E-state index is 0. The molecule has 5 nitrogen and oxygen atoms in total. The third kappa shape index (κ3) is 2.12. The number of aryl methyl sites for hydroxylation is 2. The monoisotopic (exact) mass is 299 g/mol. The smallest absolute Gasteiger partial charge is 0.226 e. The van der Waals surface area contributed by atoms with Crippen LogP contribution < -0.4 is 5.32 Å². The summed E-state index contributed by atoms with van der Waals surface area (Å²) in [5, 5.41) is 7.92. The molecule has 1 aliphatic rings. The second-order valence-corrected chi connectivity index (χ2v) is 5.89. The van der Waals surface area contributed by atoms with E-state index in [9.17, 15) is 0 Å². The van der Waals surface area contributed by atoms with Crippen molar-refractivity contribution < 1.29 is 0 Å². The molecule has 0 saturated heterocycles. The van der Waals surface area contributed by atoms with Crippen LogP contribution in [-0.2, 0) is 0 Å². The fraction of sp³-hybridized carbons (Fsp3) is 0.267. The first-order chi connectivity index (χ1) is 9.72. The van der Waals surface area contributed by atoms with Crippen LogP contribution in [0.2, 0.25) is 0 Å². The van der Waals surface area contributed by atoms with Gasteiger partial charge in [0, 0.05) is 11.8 Å². The molecule has 2 aromatic heterocycles. The average Bonchev–Trinajstić information content (AvgIpc) is 3.01. The molecule has 0 amide bonds. The predicted octanol–water partition coefficient (Wildman–Crippen LogP) is 3.63. The maximum atomic E-state index is 4.62. The molecule has 1 atom stereocenters. The van der Waals surface area contributed by atoms with Crippen molar-refractivity contribution in [3.8, 4) is 11.4 Å². The largest absolute Gasteiger partial charge is 0.328 e. The average molecular weight is 299 g/mol. The minimum atomic E-state index is 0. The number of aromatic nitrogens is 4. The molecule has 0 saturated carbocycles. The van der Waals surface area contributed by atoms with E-state index in [1.165, 1.54) is 11.1 Å². The van der Waals surface area contributed by atoms with E-state index >= 15 is 0 Å². The number of hydrogen-bond donors (Lipinski definition) is 1. The van der Waals surface area contributed by atoms with Gasteiger partial charge in [0.1, 0.15) is 0 Å². The maximum absolute atomic E-state index is 4.62. The molecule has 3 aromatic rings.